The fourth-order valence-corrected chi connectivity index (χ4v) is 1.18. The van der Waals surface area contributed by atoms with Crippen LogP contribution in [0.15, 0.2) is 12.7 Å². The maximum Gasteiger partial charge on any atom is 0.0846 e. The van der Waals surface area contributed by atoms with E-state index in [2.05, 4.69) is 13.5 Å². The minimum absolute atomic E-state index is 0.233. The van der Waals surface area contributed by atoms with Crippen molar-refractivity contribution in [1.29, 1.82) is 0 Å². The van der Waals surface area contributed by atoms with Crippen molar-refractivity contribution in [1.82, 2.24) is 0 Å². The van der Waals surface area contributed by atoms with Crippen LogP contribution in [-0.2, 0) is 9.47 Å². The SMILES string of the molecule is C=CCC(COCCC)OC1CC1. The van der Waals surface area contributed by atoms with Gasteiger partial charge in [-0.15, -0.1) is 6.58 Å². The van der Waals surface area contributed by atoms with Gasteiger partial charge < -0.3 is 9.47 Å². The van der Waals surface area contributed by atoms with Crippen molar-refractivity contribution in [2.24, 2.45) is 0 Å². The molecule has 0 aromatic heterocycles. The van der Waals surface area contributed by atoms with Gasteiger partial charge in [-0.25, -0.2) is 0 Å². The fourth-order valence-electron chi connectivity index (χ4n) is 1.18. The van der Waals surface area contributed by atoms with E-state index in [-0.39, 0.29) is 6.10 Å². The fraction of sp³-hybridized carbons (Fsp3) is 0.818. The Morgan fingerprint density at radius 2 is 2.31 bits per heavy atom. The van der Waals surface area contributed by atoms with E-state index in [1.807, 2.05) is 6.08 Å². The molecule has 2 heteroatoms. The first-order valence-electron chi connectivity index (χ1n) is 5.21. The summed E-state index contributed by atoms with van der Waals surface area (Å²) in [7, 11) is 0. The van der Waals surface area contributed by atoms with E-state index in [1.165, 1.54) is 12.8 Å². The highest BCUT2D eigenvalue weighted by atomic mass is 16.5. The normalized spacial score (nSPS) is 18.5. The predicted molar refractivity (Wildman–Crippen MR) is 53.8 cm³/mol. The van der Waals surface area contributed by atoms with Crippen LogP contribution >= 0.6 is 0 Å². The van der Waals surface area contributed by atoms with Gasteiger partial charge in [0.1, 0.15) is 0 Å². The Kier molecular flexibility index (Phi) is 5.09. The maximum atomic E-state index is 5.75. The van der Waals surface area contributed by atoms with E-state index < -0.39 is 0 Å². The number of hydrogen-bond donors (Lipinski definition) is 0. The number of ether oxygens (including phenoxy) is 2. The van der Waals surface area contributed by atoms with E-state index in [4.69, 9.17) is 9.47 Å². The van der Waals surface area contributed by atoms with Crippen molar-refractivity contribution in [2.45, 2.75) is 44.8 Å². The van der Waals surface area contributed by atoms with Gasteiger partial charge in [0.15, 0.2) is 0 Å². The summed E-state index contributed by atoms with van der Waals surface area (Å²) in [6.07, 6.45) is 7.07. The summed E-state index contributed by atoms with van der Waals surface area (Å²) in [5, 5.41) is 0. The van der Waals surface area contributed by atoms with Gasteiger partial charge in [-0.1, -0.05) is 13.0 Å². The molecular weight excluding hydrogens is 164 g/mol. The lowest BCUT2D eigenvalue weighted by molar-refractivity contribution is -0.0228. The van der Waals surface area contributed by atoms with Gasteiger partial charge in [0.25, 0.3) is 0 Å². The molecule has 0 N–H and O–H groups in total. The highest BCUT2D eigenvalue weighted by Crippen LogP contribution is 2.25. The molecule has 1 aliphatic rings. The Morgan fingerprint density at radius 3 is 2.85 bits per heavy atom. The van der Waals surface area contributed by atoms with Crippen LogP contribution in [0.4, 0.5) is 0 Å². The smallest absolute Gasteiger partial charge is 0.0846 e. The van der Waals surface area contributed by atoms with Crippen LogP contribution in [0.3, 0.4) is 0 Å². The molecule has 1 saturated carbocycles. The molecule has 1 aliphatic carbocycles. The second-order valence-corrected chi connectivity index (χ2v) is 3.56. The Bertz CT molecular complexity index is 141. The van der Waals surface area contributed by atoms with E-state index in [9.17, 15) is 0 Å². The Morgan fingerprint density at radius 1 is 1.54 bits per heavy atom. The third-order valence-electron chi connectivity index (χ3n) is 1.99. The zero-order valence-electron chi connectivity index (χ0n) is 8.50. The second-order valence-electron chi connectivity index (χ2n) is 3.56. The van der Waals surface area contributed by atoms with Gasteiger partial charge in [0.2, 0.25) is 0 Å². The number of hydrogen-bond acceptors (Lipinski definition) is 2. The van der Waals surface area contributed by atoms with Gasteiger partial charge in [0.05, 0.1) is 18.8 Å². The maximum absolute atomic E-state index is 5.75. The Labute approximate surface area is 80.9 Å². The first-order valence-corrected chi connectivity index (χ1v) is 5.21. The number of rotatable bonds is 8. The molecule has 0 saturated heterocycles. The van der Waals surface area contributed by atoms with Gasteiger partial charge in [0, 0.05) is 6.61 Å². The van der Waals surface area contributed by atoms with E-state index >= 15 is 0 Å². The summed E-state index contributed by atoms with van der Waals surface area (Å²) >= 11 is 0. The predicted octanol–water partition coefficient (Wildman–Crippen LogP) is 2.54. The van der Waals surface area contributed by atoms with Crippen LogP contribution in [0.25, 0.3) is 0 Å². The van der Waals surface area contributed by atoms with Gasteiger partial charge in [-0.3, -0.25) is 0 Å². The lowest BCUT2D eigenvalue weighted by Gasteiger charge is -2.15. The first kappa shape index (κ1) is 10.7. The first-order chi connectivity index (χ1) is 6.36. The lowest BCUT2D eigenvalue weighted by Crippen LogP contribution is -2.20. The molecule has 1 rings (SSSR count). The molecule has 0 heterocycles. The quantitative estimate of drug-likeness (QED) is 0.426. The van der Waals surface area contributed by atoms with Gasteiger partial charge >= 0.3 is 0 Å². The van der Waals surface area contributed by atoms with E-state index in [0.29, 0.717) is 6.10 Å². The van der Waals surface area contributed by atoms with E-state index in [1.54, 1.807) is 0 Å². The minimum Gasteiger partial charge on any atom is -0.379 e. The second kappa shape index (κ2) is 6.17. The average Bonchev–Trinajstić information content (AvgIpc) is 2.89. The van der Waals surface area contributed by atoms with Gasteiger partial charge in [-0.05, 0) is 25.7 Å². The van der Waals surface area contributed by atoms with Crippen molar-refractivity contribution in [3.63, 3.8) is 0 Å². The molecule has 76 valence electrons. The van der Waals surface area contributed by atoms with Gasteiger partial charge in [-0.2, -0.15) is 0 Å². The molecule has 0 aromatic carbocycles. The highest BCUT2D eigenvalue weighted by molar-refractivity contribution is 4.79. The topological polar surface area (TPSA) is 18.5 Å². The van der Waals surface area contributed by atoms with Crippen LogP contribution < -0.4 is 0 Å². The van der Waals surface area contributed by atoms with Crippen molar-refractivity contribution < 1.29 is 9.47 Å². The molecule has 0 amide bonds. The van der Waals surface area contributed by atoms with Crippen LogP contribution in [0, 0.1) is 0 Å². The summed E-state index contributed by atoms with van der Waals surface area (Å²) < 4.78 is 11.2. The van der Waals surface area contributed by atoms with Crippen LogP contribution in [0.1, 0.15) is 32.6 Å². The molecule has 0 bridgehead atoms. The summed E-state index contributed by atoms with van der Waals surface area (Å²) in [5.74, 6) is 0. The third kappa shape index (κ3) is 5.06. The molecule has 0 radical (unpaired) electrons. The Hall–Kier alpha value is -0.340. The summed E-state index contributed by atoms with van der Waals surface area (Å²) in [6, 6.07) is 0. The lowest BCUT2D eigenvalue weighted by atomic mass is 10.2. The summed E-state index contributed by atoms with van der Waals surface area (Å²) in [4.78, 5) is 0. The van der Waals surface area contributed by atoms with Crippen LogP contribution in [0.5, 0.6) is 0 Å². The molecule has 0 aliphatic heterocycles. The van der Waals surface area contributed by atoms with Crippen molar-refractivity contribution in [3.8, 4) is 0 Å². The highest BCUT2D eigenvalue weighted by Gasteiger charge is 2.25. The minimum atomic E-state index is 0.233. The third-order valence-corrected chi connectivity index (χ3v) is 1.99. The monoisotopic (exact) mass is 184 g/mol. The van der Waals surface area contributed by atoms with Crippen LogP contribution in [0.2, 0.25) is 0 Å². The standard InChI is InChI=1S/C11H20O2/c1-3-5-11(9-12-8-4-2)13-10-6-7-10/h3,10-11H,1,4-9H2,2H3. The molecule has 1 fully saturated rings. The molecule has 0 aromatic rings. The zero-order chi connectivity index (χ0) is 9.52. The molecule has 1 unspecified atom stereocenters. The summed E-state index contributed by atoms with van der Waals surface area (Å²) in [6.45, 7) is 7.39. The molecule has 0 spiro atoms. The van der Waals surface area contributed by atoms with Crippen LogP contribution in [-0.4, -0.2) is 25.4 Å². The molecule has 1 atom stereocenters. The largest absolute Gasteiger partial charge is 0.379 e. The Balaban J connectivity index is 2.07. The molecule has 13 heavy (non-hydrogen) atoms. The molecular formula is C11H20O2. The zero-order valence-corrected chi connectivity index (χ0v) is 8.50. The van der Waals surface area contributed by atoms with Crippen molar-refractivity contribution >= 4 is 0 Å². The average molecular weight is 184 g/mol. The van der Waals surface area contributed by atoms with Crippen molar-refractivity contribution in [3.05, 3.63) is 12.7 Å². The molecule has 2 nitrogen and oxygen atoms in total. The summed E-state index contributed by atoms with van der Waals surface area (Å²) in [5.41, 5.74) is 0. The van der Waals surface area contributed by atoms with Crippen molar-refractivity contribution in [2.75, 3.05) is 13.2 Å². The van der Waals surface area contributed by atoms with E-state index in [0.717, 1.165) is 26.1 Å².